The number of ether oxygens (including phenoxy) is 1. The van der Waals surface area contributed by atoms with Gasteiger partial charge in [-0.1, -0.05) is 54.6 Å². The molecule has 0 aliphatic heterocycles. The van der Waals surface area contributed by atoms with E-state index in [4.69, 9.17) is 4.74 Å². The topological polar surface area (TPSA) is 74.4 Å². The van der Waals surface area contributed by atoms with Crippen molar-refractivity contribution in [3.8, 4) is 0 Å². The fraction of sp³-hybridized carbons (Fsp3) is 0.214. The van der Waals surface area contributed by atoms with Crippen LogP contribution >= 0.6 is 0 Å². The number of para-hydroxylation sites is 1. The highest BCUT2D eigenvalue weighted by Gasteiger charge is 2.21. The van der Waals surface area contributed by atoms with E-state index in [0.29, 0.717) is 0 Å². The third-order valence-electron chi connectivity index (χ3n) is 5.93. The number of amides is 1. The maximum Gasteiger partial charge on any atom is 0.310 e. The number of anilines is 1. The molecule has 6 heteroatoms. The number of hydrogen-bond acceptors (Lipinski definition) is 4. The summed E-state index contributed by atoms with van der Waals surface area (Å²) in [7, 11) is 5.38. The Hall–Kier alpha value is -4.06. The molecule has 4 rings (SSSR count). The van der Waals surface area contributed by atoms with Gasteiger partial charge in [0.1, 0.15) is 0 Å². The third-order valence-corrected chi connectivity index (χ3v) is 5.93. The second-order valence-electron chi connectivity index (χ2n) is 8.49. The van der Waals surface area contributed by atoms with E-state index in [1.807, 2.05) is 81.0 Å². The number of nitrogens with zero attached hydrogens (tertiary/aromatic N) is 1. The number of aromatic amines is 1. The van der Waals surface area contributed by atoms with Gasteiger partial charge in [-0.05, 0) is 34.9 Å². The highest BCUT2D eigenvalue weighted by Crippen LogP contribution is 2.30. The first-order chi connectivity index (χ1) is 16.5. The van der Waals surface area contributed by atoms with Crippen LogP contribution in [0.1, 0.15) is 28.3 Å². The van der Waals surface area contributed by atoms with Crippen LogP contribution in [-0.4, -0.2) is 38.1 Å². The van der Waals surface area contributed by atoms with E-state index in [1.165, 1.54) is 7.11 Å². The molecule has 0 spiro atoms. The molecule has 0 fully saturated rings. The van der Waals surface area contributed by atoms with Gasteiger partial charge in [0.25, 0.3) is 0 Å². The van der Waals surface area contributed by atoms with Crippen LogP contribution in [0.2, 0.25) is 0 Å². The molecule has 0 aliphatic rings. The molecule has 2 N–H and O–H groups in total. The number of carbonyl (C=O) groups excluding carboxylic acids is 2. The second-order valence-corrected chi connectivity index (χ2v) is 8.49. The van der Waals surface area contributed by atoms with Crippen LogP contribution < -0.4 is 10.2 Å². The van der Waals surface area contributed by atoms with Gasteiger partial charge in [-0.15, -0.1) is 0 Å². The minimum atomic E-state index is -0.297. The number of benzene rings is 3. The van der Waals surface area contributed by atoms with Crippen molar-refractivity contribution in [2.24, 2.45) is 0 Å². The Morgan fingerprint density at radius 3 is 2.44 bits per heavy atom. The Morgan fingerprint density at radius 2 is 1.71 bits per heavy atom. The van der Waals surface area contributed by atoms with E-state index >= 15 is 0 Å². The number of rotatable bonds is 8. The molecule has 1 unspecified atom stereocenters. The lowest BCUT2D eigenvalue weighted by atomic mass is 9.96. The number of esters is 1. The first kappa shape index (κ1) is 23.1. The molecule has 1 aromatic heterocycles. The summed E-state index contributed by atoms with van der Waals surface area (Å²) in [5.41, 5.74) is 5.76. The maximum atomic E-state index is 13.2. The lowest BCUT2D eigenvalue weighted by Crippen LogP contribution is -2.31. The molecule has 1 heterocycles. The van der Waals surface area contributed by atoms with Gasteiger partial charge >= 0.3 is 5.97 Å². The summed E-state index contributed by atoms with van der Waals surface area (Å²) in [4.78, 5) is 30.2. The predicted molar refractivity (Wildman–Crippen MR) is 135 cm³/mol. The molecule has 0 aliphatic carbocycles. The van der Waals surface area contributed by atoms with Crippen LogP contribution in [0.15, 0.2) is 79.0 Å². The Bertz CT molecular complexity index is 1290. The van der Waals surface area contributed by atoms with Gasteiger partial charge in [0.15, 0.2) is 0 Å². The number of H-pyrrole nitrogens is 1. The van der Waals surface area contributed by atoms with E-state index in [-0.39, 0.29) is 30.8 Å². The molecule has 4 aromatic rings. The Balaban J connectivity index is 1.60. The Labute approximate surface area is 199 Å². The molecular weight excluding hydrogens is 426 g/mol. The number of methoxy groups -OCH3 is 1. The minimum absolute atomic E-state index is 0.0770. The molecule has 174 valence electrons. The second kappa shape index (κ2) is 10.3. The fourth-order valence-corrected chi connectivity index (χ4v) is 4.23. The zero-order chi connectivity index (χ0) is 24.1. The summed E-state index contributed by atoms with van der Waals surface area (Å²) in [5, 5.41) is 4.17. The molecular formula is C28H29N3O3. The van der Waals surface area contributed by atoms with Gasteiger partial charge < -0.3 is 19.9 Å². The van der Waals surface area contributed by atoms with Crippen molar-refractivity contribution in [2.45, 2.75) is 18.9 Å². The first-order valence-electron chi connectivity index (χ1n) is 11.2. The largest absolute Gasteiger partial charge is 0.469 e. The highest BCUT2D eigenvalue weighted by molar-refractivity contribution is 5.89. The molecule has 0 bridgehead atoms. The van der Waals surface area contributed by atoms with E-state index in [9.17, 15) is 9.59 Å². The third kappa shape index (κ3) is 5.12. The molecule has 3 aromatic carbocycles. The van der Waals surface area contributed by atoms with Gasteiger partial charge in [0.2, 0.25) is 5.91 Å². The standard InChI is InChI=1S/C28H29N3O3/c1-31(2)25-12-8-7-11-22(25)28(20-9-5-4-6-10-20)30-26(32)16-19-13-14-24-23(15-19)21(18-29-24)17-27(33)34-3/h4-15,18,28-29H,16-17H2,1-3H3,(H,30,32). The van der Waals surface area contributed by atoms with E-state index in [2.05, 4.69) is 27.3 Å². The van der Waals surface area contributed by atoms with Crippen LogP contribution in [0, 0.1) is 0 Å². The molecule has 6 nitrogen and oxygen atoms in total. The number of carbonyl (C=O) groups is 2. The summed E-state index contributed by atoms with van der Waals surface area (Å²) in [5.74, 6) is -0.374. The van der Waals surface area contributed by atoms with Crippen LogP contribution in [0.5, 0.6) is 0 Å². The lowest BCUT2D eigenvalue weighted by molar-refractivity contribution is -0.139. The van der Waals surface area contributed by atoms with Crippen LogP contribution in [0.25, 0.3) is 10.9 Å². The quantitative estimate of drug-likeness (QED) is 0.386. The molecule has 34 heavy (non-hydrogen) atoms. The normalized spacial score (nSPS) is 11.7. The van der Waals surface area contributed by atoms with Crippen molar-refractivity contribution >= 4 is 28.5 Å². The van der Waals surface area contributed by atoms with Crippen molar-refractivity contribution in [2.75, 3.05) is 26.1 Å². The maximum absolute atomic E-state index is 13.2. The molecule has 1 amide bonds. The molecule has 0 radical (unpaired) electrons. The van der Waals surface area contributed by atoms with Gasteiger partial charge in [0, 0.05) is 42.4 Å². The average molecular weight is 456 g/mol. The summed E-state index contributed by atoms with van der Waals surface area (Å²) in [6.45, 7) is 0. The number of hydrogen-bond donors (Lipinski definition) is 2. The monoisotopic (exact) mass is 455 g/mol. The lowest BCUT2D eigenvalue weighted by Gasteiger charge is -2.25. The number of fused-ring (bicyclic) bond motifs is 1. The van der Waals surface area contributed by atoms with E-state index in [0.717, 1.165) is 38.8 Å². The van der Waals surface area contributed by atoms with Crippen LogP contribution in [-0.2, 0) is 27.2 Å². The molecule has 1 atom stereocenters. The average Bonchev–Trinajstić information content (AvgIpc) is 3.24. The van der Waals surface area contributed by atoms with E-state index < -0.39 is 0 Å². The summed E-state index contributed by atoms with van der Waals surface area (Å²) < 4.78 is 4.80. The summed E-state index contributed by atoms with van der Waals surface area (Å²) >= 11 is 0. The molecule has 0 saturated carbocycles. The number of nitrogens with one attached hydrogen (secondary N) is 2. The Morgan fingerprint density at radius 1 is 0.971 bits per heavy atom. The Kier molecular flexibility index (Phi) is 6.97. The van der Waals surface area contributed by atoms with Gasteiger partial charge in [-0.25, -0.2) is 0 Å². The minimum Gasteiger partial charge on any atom is -0.469 e. The highest BCUT2D eigenvalue weighted by atomic mass is 16.5. The van der Waals surface area contributed by atoms with Crippen LogP contribution in [0.4, 0.5) is 5.69 Å². The van der Waals surface area contributed by atoms with Gasteiger partial charge in [0.05, 0.1) is 26.0 Å². The van der Waals surface area contributed by atoms with Crippen molar-refractivity contribution in [1.82, 2.24) is 10.3 Å². The van der Waals surface area contributed by atoms with Gasteiger partial charge in [-0.3, -0.25) is 9.59 Å². The van der Waals surface area contributed by atoms with Crippen molar-refractivity contribution in [3.63, 3.8) is 0 Å². The van der Waals surface area contributed by atoms with Crippen molar-refractivity contribution in [3.05, 3.63) is 101 Å². The summed E-state index contributed by atoms with van der Waals surface area (Å²) in [6.07, 6.45) is 2.23. The van der Waals surface area contributed by atoms with Crippen LogP contribution in [0.3, 0.4) is 0 Å². The predicted octanol–water partition coefficient (Wildman–Crippen LogP) is 4.40. The first-order valence-corrected chi connectivity index (χ1v) is 11.2. The fourth-order valence-electron chi connectivity index (χ4n) is 4.23. The molecule has 0 saturated heterocycles. The zero-order valence-electron chi connectivity index (χ0n) is 19.7. The summed E-state index contributed by atoms with van der Waals surface area (Å²) in [6, 6.07) is 23.7. The smallest absolute Gasteiger partial charge is 0.310 e. The SMILES string of the molecule is COC(=O)Cc1c[nH]c2ccc(CC(=O)NC(c3ccccc3)c3ccccc3N(C)C)cc12. The van der Waals surface area contributed by atoms with Crippen molar-refractivity contribution < 1.29 is 14.3 Å². The van der Waals surface area contributed by atoms with E-state index in [1.54, 1.807) is 0 Å². The van der Waals surface area contributed by atoms with Crippen molar-refractivity contribution in [1.29, 1.82) is 0 Å². The van der Waals surface area contributed by atoms with Gasteiger partial charge in [-0.2, -0.15) is 0 Å². The zero-order valence-corrected chi connectivity index (χ0v) is 19.7. The number of aromatic nitrogens is 1.